The molecule has 2 N–H and O–H groups in total. The molecular formula is C12H10BrClN4O2. The third-order valence-corrected chi connectivity index (χ3v) is 3.29. The quantitative estimate of drug-likeness (QED) is 0.633. The smallest absolute Gasteiger partial charge is 0.276 e. The second-order valence-corrected chi connectivity index (χ2v) is 5.17. The van der Waals surface area contributed by atoms with Crippen LogP contribution in [0.4, 0.5) is 23.0 Å². The second kappa shape index (κ2) is 6.06. The summed E-state index contributed by atoms with van der Waals surface area (Å²) in [5.41, 5.74) is 0.550. The van der Waals surface area contributed by atoms with Crippen molar-refractivity contribution in [2.75, 3.05) is 17.7 Å². The highest BCUT2D eigenvalue weighted by atomic mass is 79.9. The summed E-state index contributed by atoms with van der Waals surface area (Å²) < 4.78 is 0.837. The lowest BCUT2D eigenvalue weighted by Gasteiger charge is -2.09. The predicted octanol–water partition coefficient (Wildman–Crippen LogP) is 4.19. The maximum atomic E-state index is 10.9. The molecule has 2 aromatic rings. The molecule has 6 nitrogen and oxygen atoms in total. The third-order valence-electron chi connectivity index (χ3n) is 2.47. The summed E-state index contributed by atoms with van der Waals surface area (Å²) in [6, 6.07) is 7.98. The fraction of sp³-hybridized carbons (Fsp3) is 0.0833. The molecule has 0 radical (unpaired) electrons. The van der Waals surface area contributed by atoms with Crippen LogP contribution in [0.2, 0.25) is 5.02 Å². The highest BCUT2D eigenvalue weighted by molar-refractivity contribution is 9.10. The van der Waals surface area contributed by atoms with Crippen molar-refractivity contribution < 1.29 is 4.92 Å². The summed E-state index contributed by atoms with van der Waals surface area (Å²) in [6.07, 6.45) is 0. The average molecular weight is 358 g/mol. The Labute approximate surface area is 128 Å². The van der Waals surface area contributed by atoms with Gasteiger partial charge in [-0.2, -0.15) is 0 Å². The van der Waals surface area contributed by atoms with Gasteiger partial charge in [0.2, 0.25) is 0 Å². The van der Waals surface area contributed by atoms with Crippen LogP contribution in [0.5, 0.6) is 0 Å². The number of hydrogen-bond donors (Lipinski definition) is 2. The van der Waals surface area contributed by atoms with Crippen LogP contribution in [0.3, 0.4) is 0 Å². The Morgan fingerprint density at radius 2 is 2.00 bits per heavy atom. The Balaban J connectivity index is 2.39. The van der Waals surface area contributed by atoms with Crippen LogP contribution in [-0.2, 0) is 0 Å². The van der Waals surface area contributed by atoms with E-state index in [0.29, 0.717) is 22.3 Å². The van der Waals surface area contributed by atoms with Crippen molar-refractivity contribution in [1.29, 1.82) is 0 Å². The highest BCUT2D eigenvalue weighted by Crippen LogP contribution is 2.29. The molecule has 1 aromatic heterocycles. The van der Waals surface area contributed by atoms with Crippen LogP contribution in [-0.4, -0.2) is 17.0 Å². The van der Waals surface area contributed by atoms with E-state index in [1.54, 1.807) is 25.2 Å². The predicted molar refractivity (Wildman–Crippen MR) is 82.9 cm³/mol. The lowest BCUT2D eigenvalue weighted by Crippen LogP contribution is -2.00. The van der Waals surface area contributed by atoms with E-state index in [2.05, 4.69) is 31.5 Å². The summed E-state index contributed by atoms with van der Waals surface area (Å²) in [4.78, 5) is 14.6. The first-order valence-electron chi connectivity index (χ1n) is 5.56. The Kier molecular flexibility index (Phi) is 4.41. The zero-order chi connectivity index (χ0) is 14.7. The minimum atomic E-state index is -0.476. The highest BCUT2D eigenvalue weighted by Gasteiger charge is 2.11. The van der Waals surface area contributed by atoms with Gasteiger partial charge in [-0.15, -0.1) is 0 Å². The van der Waals surface area contributed by atoms with Gasteiger partial charge in [0, 0.05) is 11.5 Å². The van der Waals surface area contributed by atoms with Gasteiger partial charge >= 0.3 is 0 Å². The molecule has 0 aliphatic carbocycles. The van der Waals surface area contributed by atoms with E-state index >= 15 is 0 Å². The summed E-state index contributed by atoms with van der Waals surface area (Å²) >= 11 is 9.40. The number of benzene rings is 1. The number of nitrogens with one attached hydrogen (secondary N) is 2. The largest absolute Gasteiger partial charge is 0.373 e. The van der Waals surface area contributed by atoms with Gasteiger partial charge in [-0.25, -0.2) is 4.98 Å². The molecule has 8 heteroatoms. The van der Waals surface area contributed by atoms with Crippen LogP contribution < -0.4 is 10.6 Å². The van der Waals surface area contributed by atoms with Crippen LogP contribution in [0.15, 0.2) is 34.8 Å². The number of aromatic nitrogens is 1. The van der Waals surface area contributed by atoms with Gasteiger partial charge in [0.15, 0.2) is 0 Å². The van der Waals surface area contributed by atoms with Crippen molar-refractivity contribution in [3.05, 3.63) is 49.9 Å². The minimum absolute atomic E-state index is 0.0574. The molecule has 0 spiro atoms. The Morgan fingerprint density at radius 1 is 1.30 bits per heavy atom. The lowest BCUT2D eigenvalue weighted by molar-refractivity contribution is -0.384. The minimum Gasteiger partial charge on any atom is -0.373 e. The van der Waals surface area contributed by atoms with Crippen molar-refractivity contribution in [2.24, 2.45) is 0 Å². The van der Waals surface area contributed by atoms with Gasteiger partial charge in [0.25, 0.3) is 5.69 Å². The molecule has 0 unspecified atom stereocenters. The number of nitro groups is 1. The lowest BCUT2D eigenvalue weighted by atomic mass is 10.3. The van der Waals surface area contributed by atoms with Crippen LogP contribution in [0.1, 0.15) is 0 Å². The number of rotatable bonds is 4. The molecule has 2 rings (SSSR count). The average Bonchev–Trinajstić information content (AvgIpc) is 2.42. The maximum absolute atomic E-state index is 10.9. The van der Waals surface area contributed by atoms with Gasteiger partial charge in [-0.1, -0.05) is 27.5 Å². The maximum Gasteiger partial charge on any atom is 0.276 e. The van der Waals surface area contributed by atoms with Gasteiger partial charge in [-0.3, -0.25) is 10.1 Å². The molecule has 0 amide bonds. The van der Waals surface area contributed by atoms with Crippen LogP contribution in [0.25, 0.3) is 0 Å². The molecule has 0 aliphatic heterocycles. The van der Waals surface area contributed by atoms with E-state index in [4.69, 9.17) is 11.6 Å². The van der Waals surface area contributed by atoms with Gasteiger partial charge in [-0.05, 0) is 18.2 Å². The topological polar surface area (TPSA) is 80.1 Å². The van der Waals surface area contributed by atoms with Crippen molar-refractivity contribution in [3.63, 3.8) is 0 Å². The van der Waals surface area contributed by atoms with E-state index in [0.717, 1.165) is 4.47 Å². The van der Waals surface area contributed by atoms with Crippen LogP contribution in [0, 0.1) is 10.1 Å². The van der Waals surface area contributed by atoms with Gasteiger partial charge in [0.1, 0.15) is 11.6 Å². The number of halogens is 2. The molecule has 104 valence electrons. The summed E-state index contributed by atoms with van der Waals surface area (Å²) in [6.45, 7) is 0. The number of anilines is 3. The summed E-state index contributed by atoms with van der Waals surface area (Å²) in [5, 5.41) is 17.1. The summed E-state index contributed by atoms with van der Waals surface area (Å²) in [7, 11) is 1.64. The van der Waals surface area contributed by atoms with E-state index in [9.17, 15) is 10.1 Å². The number of pyridine rings is 1. The fourth-order valence-electron chi connectivity index (χ4n) is 1.54. The molecule has 0 fully saturated rings. The molecule has 0 bridgehead atoms. The third kappa shape index (κ3) is 3.37. The molecule has 20 heavy (non-hydrogen) atoms. The van der Waals surface area contributed by atoms with E-state index in [1.807, 2.05) is 0 Å². The molecule has 1 aromatic carbocycles. The zero-order valence-electron chi connectivity index (χ0n) is 10.4. The molecular weight excluding hydrogens is 348 g/mol. The molecule has 0 saturated heterocycles. The van der Waals surface area contributed by atoms with Crippen LogP contribution >= 0.6 is 27.5 Å². The van der Waals surface area contributed by atoms with Crippen molar-refractivity contribution in [2.45, 2.75) is 0 Å². The zero-order valence-corrected chi connectivity index (χ0v) is 12.7. The monoisotopic (exact) mass is 356 g/mol. The SMILES string of the molecule is CNc1cc([N+](=O)[O-])cc(Nc2cc(Br)ccc2Cl)n1. The fourth-order valence-corrected chi connectivity index (χ4v) is 2.07. The first-order chi connectivity index (χ1) is 9.49. The normalized spacial score (nSPS) is 10.2. The van der Waals surface area contributed by atoms with E-state index < -0.39 is 4.92 Å². The Hall–Kier alpha value is -1.86. The Bertz CT molecular complexity index is 666. The van der Waals surface area contributed by atoms with Crippen molar-refractivity contribution >= 4 is 50.5 Å². The molecule has 0 aliphatic rings. The first kappa shape index (κ1) is 14.5. The van der Waals surface area contributed by atoms with Crippen molar-refractivity contribution in [3.8, 4) is 0 Å². The Morgan fingerprint density at radius 3 is 2.65 bits per heavy atom. The van der Waals surface area contributed by atoms with E-state index in [-0.39, 0.29) is 5.69 Å². The molecule has 1 heterocycles. The number of hydrogen-bond acceptors (Lipinski definition) is 5. The first-order valence-corrected chi connectivity index (χ1v) is 6.73. The molecule has 0 atom stereocenters. The van der Waals surface area contributed by atoms with Gasteiger partial charge < -0.3 is 10.6 Å². The number of nitrogens with zero attached hydrogens (tertiary/aromatic N) is 2. The molecule has 0 saturated carbocycles. The van der Waals surface area contributed by atoms with Crippen molar-refractivity contribution in [1.82, 2.24) is 4.98 Å². The standard InChI is InChI=1S/C12H10BrClN4O2/c1-15-11-5-8(18(19)20)6-12(17-11)16-10-4-7(13)2-3-9(10)14/h2-6H,1H3,(H2,15,16,17). The van der Waals surface area contributed by atoms with Gasteiger partial charge in [0.05, 0.1) is 27.8 Å². The summed E-state index contributed by atoms with van der Waals surface area (Å²) in [5.74, 6) is 0.733. The van der Waals surface area contributed by atoms with E-state index in [1.165, 1.54) is 12.1 Å². The second-order valence-electron chi connectivity index (χ2n) is 3.85.